The molecule has 0 atom stereocenters. The zero-order valence-corrected chi connectivity index (χ0v) is 16.8. The van der Waals surface area contributed by atoms with Crippen molar-refractivity contribution in [1.29, 1.82) is 0 Å². The van der Waals surface area contributed by atoms with Gasteiger partial charge >= 0.3 is 0 Å². The highest BCUT2D eigenvalue weighted by atomic mass is 16.5. The number of hydrogen-bond donors (Lipinski definition) is 2. The average molecular weight is 407 g/mol. The predicted octanol–water partition coefficient (Wildman–Crippen LogP) is 3.70. The number of amides is 2. The van der Waals surface area contributed by atoms with E-state index in [0.717, 1.165) is 5.56 Å². The van der Waals surface area contributed by atoms with Crippen LogP contribution in [0.2, 0.25) is 0 Å². The Labute approximate surface area is 173 Å². The molecule has 0 aliphatic carbocycles. The van der Waals surface area contributed by atoms with Crippen molar-refractivity contribution in [3.8, 4) is 11.5 Å². The number of hydrogen-bond acceptors (Lipinski definition) is 6. The molecule has 30 heavy (non-hydrogen) atoms. The number of rotatable bonds is 7. The number of furan rings is 1. The summed E-state index contributed by atoms with van der Waals surface area (Å²) < 4.78 is 15.4. The fourth-order valence-electron chi connectivity index (χ4n) is 2.64. The quantitative estimate of drug-likeness (QED) is 0.459. The third kappa shape index (κ3) is 4.85. The molecule has 154 valence electrons. The number of nitrogens with zero attached hydrogens (tertiary/aromatic N) is 1. The van der Waals surface area contributed by atoms with Gasteiger partial charge in [-0.2, -0.15) is 5.10 Å². The van der Waals surface area contributed by atoms with Gasteiger partial charge < -0.3 is 19.2 Å². The van der Waals surface area contributed by atoms with Crippen molar-refractivity contribution in [1.82, 2.24) is 5.43 Å². The Hall–Kier alpha value is -4.07. The van der Waals surface area contributed by atoms with Crippen LogP contribution in [0.4, 0.5) is 5.69 Å². The van der Waals surface area contributed by atoms with Gasteiger partial charge in [0, 0.05) is 11.3 Å². The van der Waals surface area contributed by atoms with Gasteiger partial charge in [-0.15, -0.1) is 0 Å². The fourth-order valence-corrected chi connectivity index (χ4v) is 2.64. The first-order valence-electron chi connectivity index (χ1n) is 9.03. The minimum Gasteiger partial charge on any atom is -0.493 e. The Balaban J connectivity index is 1.64. The lowest BCUT2D eigenvalue weighted by atomic mass is 10.1. The molecule has 8 heteroatoms. The number of carbonyl (C=O) groups is 2. The summed E-state index contributed by atoms with van der Waals surface area (Å²) in [7, 11) is 3.03. The SMILES string of the molecule is COc1ccc(C(=O)NN=C(C)c2ccc(NC(=O)c3ccco3)cc2)cc1OC. The molecule has 3 rings (SSSR count). The van der Waals surface area contributed by atoms with Gasteiger partial charge in [0.05, 0.1) is 26.2 Å². The number of ether oxygens (including phenoxy) is 2. The summed E-state index contributed by atoms with van der Waals surface area (Å²) in [5, 5.41) is 6.88. The van der Waals surface area contributed by atoms with Crippen molar-refractivity contribution in [3.05, 3.63) is 77.7 Å². The van der Waals surface area contributed by atoms with E-state index in [0.29, 0.717) is 28.5 Å². The second-order valence-corrected chi connectivity index (χ2v) is 6.22. The number of benzene rings is 2. The lowest BCUT2D eigenvalue weighted by Crippen LogP contribution is -2.19. The third-order valence-electron chi connectivity index (χ3n) is 4.28. The smallest absolute Gasteiger partial charge is 0.291 e. The zero-order chi connectivity index (χ0) is 21.5. The van der Waals surface area contributed by atoms with Crippen LogP contribution in [0.25, 0.3) is 0 Å². The molecule has 0 bridgehead atoms. The Morgan fingerprint density at radius 3 is 2.23 bits per heavy atom. The second kappa shape index (κ2) is 9.42. The molecular weight excluding hydrogens is 386 g/mol. The molecule has 0 unspecified atom stereocenters. The molecule has 0 saturated carbocycles. The lowest BCUT2D eigenvalue weighted by molar-refractivity contribution is 0.0953. The molecule has 0 aliphatic rings. The van der Waals surface area contributed by atoms with Crippen LogP contribution in [-0.2, 0) is 0 Å². The molecule has 8 nitrogen and oxygen atoms in total. The largest absolute Gasteiger partial charge is 0.493 e. The summed E-state index contributed by atoms with van der Waals surface area (Å²) in [6, 6.07) is 15.2. The summed E-state index contributed by atoms with van der Waals surface area (Å²) in [6.07, 6.45) is 1.44. The number of anilines is 1. The highest BCUT2D eigenvalue weighted by molar-refractivity contribution is 6.03. The van der Waals surface area contributed by atoms with Crippen LogP contribution in [0, 0.1) is 0 Å². The molecule has 0 radical (unpaired) electrons. The van der Waals surface area contributed by atoms with Crippen molar-refractivity contribution in [2.75, 3.05) is 19.5 Å². The maximum Gasteiger partial charge on any atom is 0.291 e. The van der Waals surface area contributed by atoms with Crippen LogP contribution in [0.5, 0.6) is 11.5 Å². The molecule has 0 fully saturated rings. The van der Waals surface area contributed by atoms with Gasteiger partial charge in [0.25, 0.3) is 11.8 Å². The number of hydrazone groups is 1. The van der Waals surface area contributed by atoms with E-state index in [2.05, 4.69) is 15.8 Å². The van der Waals surface area contributed by atoms with Gasteiger partial charge in [-0.3, -0.25) is 9.59 Å². The van der Waals surface area contributed by atoms with E-state index in [9.17, 15) is 9.59 Å². The highest BCUT2D eigenvalue weighted by Crippen LogP contribution is 2.27. The summed E-state index contributed by atoms with van der Waals surface area (Å²) in [5.74, 6) is 0.513. The average Bonchev–Trinajstić information content (AvgIpc) is 3.32. The maximum absolute atomic E-state index is 12.4. The van der Waals surface area contributed by atoms with E-state index in [1.807, 2.05) is 0 Å². The fraction of sp³-hybridized carbons (Fsp3) is 0.136. The number of nitrogens with one attached hydrogen (secondary N) is 2. The van der Waals surface area contributed by atoms with Crippen molar-refractivity contribution >= 4 is 23.2 Å². The van der Waals surface area contributed by atoms with Crippen molar-refractivity contribution in [2.24, 2.45) is 5.10 Å². The first kappa shape index (κ1) is 20.7. The minimum absolute atomic E-state index is 0.231. The van der Waals surface area contributed by atoms with E-state index < -0.39 is 0 Å². The van der Waals surface area contributed by atoms with Gasteiger partial charge in [-0.25, -0.2) is 5.43 Å². The van der Waals surface area contributed by atoms with Crippen LogP contribution in [0.15, 0.2) is 70.4 Å². The summed E-state index contributed by atoms with van der Waals surface area (Å²) in [4.78, 5) is 24.4. The Kier molecular flexibility index (Phi) is 6.49. The molecule has 0 spiro atoms. The van der Waals surface area contributed by atoms with Crippen molar-refractivity contribution in [3.63, 3.8) is 0 Å². The molecule has 2 amide bonds. The van der Waals surface area contributed by atoms with Crippen molar-refractivity contribution in [2.45, 2.75) is 6.92 Å². The first-order chi connectivity index (χ1) is 14.5. The Morgan fingerprint density at radius 1 is 0.900 bits per heavy atom. The molecule has 2 N–H and O–H groups in total. The number of carbonyl (C=O) groups excluding carboxylic acids is 2. The molecule has 1 aromatic heterocycles. The normalized spacial score (nSPS) is 11.0. The first-order valence-corrected chi connectivity index (χ1v) is 9.03. The van der Waals surface area contributed by atoms with E-state index in [-0.39, 0.29) is 17.6 Å². The predicted molar refractivity (Wildman–Crippen MR) is 112 cm³/mol. The summed E-state index contributed by atoms with van der Waals surface area (Å²) in [6.45, 7) is 1.77. The Bertz CT molecular complexity index is 1060. The van der Waals surface area contributed by atoms with Crippen LogP contribution in [0.1, 0.15) is 33.4 Å². The van der Waals surface area contributed by atoms with E-state index >= 15 is 0 Å². The van der Waals surface area contributed by atoms with E-state index in [4.69, 9.17) is 13.9 Å². The van der Waals surface area contributed by atoms with Crippen LogP contribution < -0.4 is 20.2 Å². The molecule has 1 heterocycles. The van der Waals surface area contributed by atoms with Crippen LogP contribution in [-0.4, -0.2) is 31.7 Å². The highest BCUT2D eigenvalue weighted by Gasteiger charge is 2.11. The monoisotopic (exact) mass is 407 g/mol. The summed E-state index contributed by atoms with van der Waals surface area (Å²) in [5.41, 5.74) is 4.92. The topological polar surface area (TPSA) is 102 Å². The molecule has 3 aromatic rings. The zero-order valence-electron chi connectivity index (χ0n) is 16.8. The molecule has 0 saturated heterocycles. The lowest BCUT2D eigenvalue weighted by Gasteiger charge is -2.09. The minimum atomic E-state index is -0.377. The van der Waals surface area contributed by atoms with E-state index in [1.54, 1.807) is 61.5 Å². The van der Waals surface area contributed by atoms with Gasteiger partial charge in [0.1, 0.15) is 0 Å². The second-order valence-electron chi connectivity index (χ2n) is 6.22. The van der Waals surface area contributed by atoms with Gasteiger partial charge in [-0.05, 0) is 55.0 Å². The number of methoxy groups -OCH3 is 2. The maximum atomic E-state index is 12.4. The standard InChI is InChI=1S/C22H21N3O5/c1-14(24-25-21(26)16-8-11-18(28-2)20(13-16)29-3)15-6-9-17(10-7-15)23-22(27)19-5-4-12-30-19/h4-13H,1-3H3,(H,23,27)(H,25,26). The van der Waals surface area contributed by atoms with Crippen LogP contribution >= 0.6 is 0 Å². The third-order valence-corrected chi connectivity index (χ3v) is 4.28. The van der Waals surface area contributed by atoms with E-state index in [1.165, 1.54) is 20.5 Å². The molecule has 2 aromatic carbocycles. The van der Waals surface area contributed by atoms with Gasteiger partial charge in [0.15, 0.2) is 17.3 Å². The molecule has 0 aliphatic heterocycles. The molecular formula is C22H21N3O5. The summed E-state index contributed by atoms with van der Waals surface area (Å²) >= 11 is 0. The van der Waals surface area contributed by atoms with Crippen molar-refractivity contribution < 1.29 is 23.5 Å². The van der Waals surface area contributed by atoms with Crippen LogP contribution in [0.3, 0.4) is 0 Å². The van der Waals surface area contributed by atoms with Gasteiger partial charge in [0.2, 0.25) is 0 Å². The van der Waals surface area contributed by atoms with Gasteiger partial charge in [-0.1, -0.05) is 12.1 Å². The Morgan fingerprint density at radius 2 is 1.60 bits per heavy atom.